The summed E-state index contributed by atoms with van der Waals surface area (Å²) in [5.41, 5.74) is 0. The van der Waals surface area contributed by atoms with Gasteiger partial charge in [-0.3, -0.25) is 4.90 Å². The number of piperidine rings is 1. The van der Waals surface area contributed by atoms with Gasteiger partial charge in [-0.2, -0.15) is 0 Å². The third kappa shape index (κ3) is 5.06. The number of likely N-dealkylation sites (tertiary alicyclic amines) is 1. The second kappa shape index (κ2) is 8.28. The summed E-state index contributed by atoms with van der Waals surface area (Å²) in [6, 6.07) is 4.42. The standard InChI is InChI=1S/C17H28N2OS/c1-2-8-18(9-3-1)10-11-19(14-16-6-4-12-20-16)15-17-7-5-13-21-17/h5,7,13,16H,1-4,6,8-12,14-15H2. The quantitative estimate of drug-likeness (QED) is 0.769. The van der Waals surface area contributed by atoms with Crippen LogP contribution in [0.3, 0.4) is 0 Å². The molecule has 3 heterocycles. The Kier molecular flexibility index (Phi) is 6.10. The van der Waals surface area contributed by atoms with Crippen LogP contribution in [0.4, 0.5) is 0 Å². The van der Waals surface area contributed by atoms with Crippen LogP contribution in [0.15, 0.2) is 17.5 Å². The Morgan fingerprint density at radius 3 is 2.86 bits per heavy atom. The van der Waals surface area contributed by atoms with Crippen molar-refractivity contribution in [1.82, 2.24) is 9.80 Å². The Morgan fingerprint density at radius 2 is 2.14 bits per heavy atom. The summed E-state index contributed by atoms with van der Waals surface area (Å²) in [7, 11) is 0. The molecule has 1 atom stereocenters. The fourth-order valence-corrected chi connectivity index (χ4v) is 4.15. The molecule has 0 amide bonds. The molecule has 0 aliphatic carbocycles. The SMILES string of the molecule is c1csc(CN(CCN2CCCCC2)CC2CCCO2)c1. The largest absolute Gasteiger partial charge is 0.377 e. The molecule has 2 fully saturated rings. The highest BCUT2D eigenvalue weighted by molar-refractivity contribution is 7.09. The topological polar surface area (TPSA) is 15.7 Å². The number of rotatable bonds is 7. The van der Waals surface area contributed by atoms with Crippen LogP contribution in [0.1, 0.15) is 37.0 Å². The Hall–Kier alpha value is -0.420. The highest BCUT2D eigenvalue weighted by Gasteiger charge is 2.20. The van der Waals surface area contributed by atoms with Gasteiger partial charge < -0.3 is 9.64 Å². The molecule has 118 valence electrons. The molecule has 1 aromatic heterocycles. The first kappa shape index (κ1) is 15.5. The number of nitrogens with zero attached hydrogens (tertiary/aromatic N) is 2. The fourth-order valence-electron chi connectivity index (χ4n) is 3.40. The molecule has 1 aromatic rings. The second-order valence-electron chi connectivity index (χ2n) is 6.35. The van der Waals surface area contributed by atoms with E-state index in [4.69, 9.17) is 4.74 Å². The van der Waals surface area contributed by atoms with Gasteiger partial charge in [-0.15, -0.1) is 11.3 Å². The van der Waals surface area contributed by atoms with E-state index in [1.54, 1.807) is 0 Å². The van der Waals surface area contributed by atoms with Gasteiger partial charge in [-0.25, -0.2) is 0 Å². The highest BCUT2D eigenvalue weighted by atomic mass is 32.1. The van der Waals surface area contributed by atoms with Crippen molar-refractivity contribution in [3.05, 3.63) is 22.4 Å². The van der Waals surface area contributed by atoms with Crippen LogP contribution in [0.2, 0.25) is 0 Å². The van der Waals surface area contributed by atoms with Crippen LogP contribution >= 0.6 is 11.3 Å². The molecule has 3 nitrogen and oxygen atoms in total. The minimum Gasteiger partial charge on any atom is -0.377 e. The van der Waals surface area contributed by atoms with E-state index in [1.165, 1.54) is 63.2 Å². The van der Waals surface area contributed by atoms with Crippen LogP contribution in [-0.4, -0.2) is 55.2 Å². The van der Waals surface area contributed by atoms with E-state index in [-0.39, 0.29) is 0 Å². The van der Waals surface area contributed by atoms with Gasteiger partial charge in [-0.05, 0) is 50.2 Å². The molecule has 0 N–H and O–H groups in total. The molecule has 21 heavy (non-hydrogen) atoms. The molecule has 0 bridgehead atoms. The number of hydrogen-bond acceptors (Lipinski definition) is 4. The lowest BCUT2D eigenvalue weighted by Crippen LogP contribution is -2.40. The van der Waals surface area contributed by atoms with Crippen molar-refractivity contribution in [3.63, 3.8) is 0 Å². The van der Waals surface area contributed by atoms with E-state index >= 15 is 0 Å². The van der Waals surface area contributed by atoms with Crippen molar-refractivity contribution >= 4 is 11.3 Å². The van der Waals surface area contributed by atoms with Crippen molar-refractivity contribution in [2.24, 2.45) is 0 Å². The summed E-state index contributed by atoms with van der Waals surface area (Å²) in [5.74, 6) is 0. The van der Waals surface area contributed by atoms with Crippen molar-refractivity contribution in [2.45, 2.75) is 44.8 Å². The van der Waals surface area contributed by atoms with E-state index in [0.717, 1.165) is 19.7 Å². The van der Waals surface area contributed by atoms with Crippen molar-refractivity contribution in [3.8, 4) is 0 Å². The van der Waals surface area contributed by atoms with Gasteiger partial charge >= 0.3 is 0 Å². The summed E-state index contributed by atoms with van der Waals surface area (Å²) < 4.78 is 5.84. The van der Waals surface area contributed by atoms with Gasteiger partial charge in [0.2, 0.25) is 0 Å². The molecule has 0 saturated carbocycles. The molecule has 1 unspecified atom stereocenters. The molecule has 2 saturated heterocycles. The number of ether oxygens (including phenoxy) is 1. The fraction of sp³-hybridized carbons (Fsp3) is 0.765. The molecule has 0 spiro atoms. The minimum atomic E-state index is 0.464. The lowest BCUT2D eigenvalue weighted by Gasteiger charge is -2.30. The van der Waals surface area contributed by atoms with Gasteiger partial charge in [0.05, 0.1) is 6.10 Å². The van der Waals surface area contributed by atoms with Crippen molar-refractivity contribution in [2.75, 3.05) is 39.3 Å². The smallest absolute Gasteiger partial charge is 0.0702 e. The third-order valence-corrected chi connectivity index (χ3v) is 5.49. The molecule has 4 heteroatoms. The Morgan fingerprint density at radius 1 is 1.24 bits per heavy atom. The predicted molar refractivity (Wildman–Crippen MR) is 88.9 cm³/mol. The minimum absolute atomic E-state index is 0.464. The molecule has 0 aromatic carbocycles. The maximum atomic E-state index is 5.84. The first-order valence-corrected chi connectivity index (χ1v) is 9.37. The summed E-state index contributed by atoms with van der Waals surface area (Å²) >= 11 is 1.87. The second-order valence-corrected chi connectivity index (χ2v) is 7.38. The van der Waals surface area contributed by atoms with Crippen molar-refractivity contribution in [1.29, 1.82) is 0 Å². The molecular weight excluding hydrogens is 280 g/mol. The lowest BCUT2D eigenvalue weighted by molar-refractivity contribution is 0.0655. The maximum absolute atomic E-state index is 5.84. The van der Waals surface area contributed by atoms with E-state index in [9.17, 15) is 0 Å². The van der Waals surface area contributed by atoms with Crippen LogP contribution in [-0.2, 0) is 11.3 Å². The zero-order chi connectivity index (χ0) is 14.3. The average molecular weight is 308 g/mol. The van der Waals surface area contributed by atoms with E-state index < -0.39 is 0 Å². The zero-order valence-electron chi connectivity index (χ0n) is 13.0. The number of thiophene rings is 1. The zero-order valence-corrected chi connectivity index (χ0v) is 13.8. The van der Waals surface area contributed by atoms with Crippen LogP contribution in [0.25, 0.3) is 0 Å². The first-order chi connectivity index (χ1) is 10.4. The van der Waals surface area contributed by atoms with Crippen LogP contribution < -0.4 is 0 Å². The maximum Gasteiger partial charge on any atom is 0.0702 e. The van der Waals surface area contributed by atoms with Crippen molar-refractivity contribution < 1.29 is 4.74 Å². The van der Waals surface area contributed by atoms with Gasteiger partial charge in [0.1, 0.15) is 0 Å². The normalized spacial score (nSPS) is 24.0. The Labute approximate surface area is 132 Å². The summed E-state index contributed by atoms with van der Waals surface area (Å²) in [5, 5.41) is 2.18. The van der Waals surface area contributed by atoms with E-state index in [2.05, 4.69) is 27.3 Å². The Bertz CT molecular complexity index is 384. The highest BCUT2D eigenvalue weighted by Crippen LogP contribution is 2.17. The van der Waals surface area contributed by atoms with Crippen LogP contribution in [0.5, 0.6) is 0 Å². The summed E-state index contributed by atoms with van der Waals surface area (Å²) in [6.45, 7) is 8.15. The third-order valence-electron chi connectivity index (χ3n) is 4.63. The van der Waals surface area contributed by atoms with Gasteiger partial charge in [0.15, 0.2) is 0 Å². The van der Waals surface area contributed by atoms with Gasteiger partial charge in [-0.1, -0.05) is 12.5 Å². The van der Waals surface area contributed by atoms with Gasteiger partial charge in [0.25, 0.3) is 0 Å². The summed E-state index contributed by atoms with van der Waals surface area (Å²) in [4.78, 5) is 6.73. The predicted octanol–water partition coefficient (Wildman–Crippen LogP) is 3.22. The number of hydrogen-bond donors (Lipinski definition) is 0. The lowest BCUT2D eigenvalue weighted by atomic mass is 10.1. The monoisotopic (exact) mass is 308 g/mol. The van der Waals surface area contributed by atoms with E-state index in [0.29, 0.717) is 6.10 Å². The molecule has 2 aliphatic heterocycles. The Balaban J connectivity index is 1.49. The molecular formula is C17H28N2OS. The molecule has 0 radical (unpaired) electrons. The summed E-state index contributed by atoms with van der Waals surface area (Å²) in [6.07, 6.45) is 7.14. The van der Waals surface area contributed by atoms with Crippen LogP contribution in [0, 0.1) is 0 Å². The van der Waals surface area contributed by atoms with E-state index in [1.807, 2.05) is 11.3 Å². The average Bonchev–Trinajstić information content (AvgIpc) is 3.20. The van der Waals surface area contributed by atoms with Gasteiger partial charge in [0, 0.05) is 37.7 Å². The molecule has 3 rings (SSSR count). The molecule has 2 aliphatic rings. The first-order valence-electron chi connectivity index (χ1n) is 8.49.